The van der Waals surface area contributed by atoms with Crippen molar-refractivity contribution in [3.8, 4) is 0 Å². The van der Waals surface area contributed by atoms with E-state index in [9.17, 15) is 14.4 Å². The monoisotopic (exact) mass is 745 g/mol. The van der Waals surface area contributed by atoms with Crippen molar-refractivity contribution in [3.63, 3.8) is 0 Å². The number of aromatic nitrogens is 2. The summed E-state index contributed by atoms with van der Waals surface area (Å²) < 4.78 is 10.6. The van der Waals surface area contributed by atoms with E-state index < -0.39 is 23.4 Å². The summed E-state index contributed by atoms with van der Waals surface area (Å²) in [7, 11) is 0. The van der Waals surface area contributed by atoms with Crippen LogP contribution < -0.4 is 20.9 Å². The van der Waals surface area contributed by atoms with Gasteiger partial charge in [-0.25, -0.2) is 14.6 Å². The molecule has 16 heteroatoms. The van der Waals surface area contributed by atoms with Crippen molar-refractivity contribution in [2.75, 3.05) is 56.0 Å². The average Bonchev–Trinajstić information content (AvgIpc) is 3.88. The molecule has 0 unspecified atom stereocenters. The summed E-state index contributed by atoms with van der Waals surface area (Å²) >= 11 is 12.6. The van der Waals surface area contributed by atoms with Crippen LogP contribution in [-0.4, -0.2) is 101 Å². The third-order valence-corrected chi connectivity index (χ3v) is 8.93. The number of halogens is 2. The Hall–Kier alpha value is -3.88. The summed E-state index contributed by atoms with van der Waals surface area (Å²) in [5.41, 5.74) is 1.32. The lowest BCUT2D eigenvalue weighted by Crippen LogP contribution is -2.50. The van der Waals surface area contributed by atoms with Crippen LogP contribution in [0.5, 0.6) is 0 Å². The Morgan fingerprint density at radius 3 is 2.31 bits per heavy atom. The van der Waals surface area contributed by atoms with Gasteiger partial charge in [-0.3, -0.25) is 15.0 Å². The maximum Gasteiger partial charge on any atom is 0.437 e. The SMILES string of the molecule is CC(C)(C)OC(=O)N=C(NCCN1CCN(c2nc3c(c(NCc4ccc(Cl)cc4Cl)n2)CN(C(=O)C2CC2)CC3)CC1)NC(=O)OC(C)(C)C. The first kappa shape index (κ1) is 38.4. The summed E-state index contributed by atoms with van der Waals surface area (Å²) in [5, 5.41) is 10.2. The van der Waals surface area contributed by atoms with Gasteiger partial charge in [0.25, 0.3) is 0 Å². The highest BCUT2D eigenvalue weighted by Crippen LogP contribution is 2.34. The maximum atomic E-state index is 13.0. The van der Waals surface area contributed by atoms with E-state index in [0.717, 1.165) is 42.8 Å². The summed E-state index contributed by atoms with van der Waals surface area (Å²) in [6.07, 6.45) is 1.03. The quantitative estimate of drug-likeness (QED) is 0.241. The van der Waals surface area contributed by atoms with E-state index in [1.807, 2.05) is 17.0 Å². The van der Waals surface area contributed by atoms with Crippen molar-refractivity contribution in [2.45, 2.75) is 85.1 Å². The van der Waals surface area contributed by atoms with E-state index >= 15 is 0 Å². The Bertz CT molecular complexity index is 1630. The van der Waals surface area contributed by atoms with Crippen LogP contribution in [0.25, 0.3) is 0 Å². The molecule has 1 aliphatic carbocycles. The predicted octanol–water partition coefficient (Wildman–Crippen LogP) is 5.22. The Balaban J connectivity index is 1.22. The second-order valence-corrected chi connectivity index (χ2v) is 15.8. The van der Waals surface area contributed by atoms with Gasteiger partial charge >= 0.3 is 12.2 Å². The average molecular weight is 747 g/mol. The fourth-order valence-electron chi connectivity index (χ4n) is 5.70. The number of hydrogen-bond donors (Lipinski definition) is 3. The standard InChI is InChI=1S/C35H49Cl2N9O5/c1-34(2,3)50-32(48)42-30(43-33(49)51-35(4,5)6)38-12-14-44-15-17-45(18-16-44)31-40-27-11-13-46(29(47)22-7-8-22)21-25(27)28(41-31)39-20-23-9-10-24(36)19-26(23)37/h9-10,19,22H,7-8,11-18,20-21H2,1-6H3,(H,39,40,41)(H2,38,42,43,48,49). The van der Waals surface area contributed by atoms with Gasteiger partial charge in [-0.15, -0.1) is 4.99 Å². The molecule has 2 aliphatic heterocycles. The van der Waals surface area contributed by atoms with Crippen LogP contribution in [-0.2, 0) is 33.8 Å². The number of alkyl carbamates (subject to hydrolysis) is 1. The molecule has 0 radical (unpaired) electrons. The van der Waals surface area contributed by atoms with E-state index in [0.29, 0.717) is 74.0 Å². The Kier molecular flexibility index (Phi) is 12.2. The number of nitrogens with one attached hydrogen (secondary N) is 3. The molecule has 14 nitrogen and oxygen atoms in total. The number of rotatable bonds is 8. The van der Waals surface area contributed by atoms with Gasteiger partial charge < -0.3 is 29.9 Å². The molecule has 3 amide bonds. The number of anilines is 2. The maximum absolute atomic E-state index is 13.0. The minimum atomic E-state index is -0.827. The van der Waals surface area contributed by atoms with Gasteiger partial charge in [-0.2, -0.15) is 4.98 Å². The van der Waals surface area contributed by atoms with Gasteiger partial charge in [0.15, 0.2) is 0 Å². The lowest BCUT2D eigenvalue weighted by Gasteiger charge is -2.36. The number of fused-ring (bicyclic) bond motifs is 1. The van der Waals surface area contributed by atoms with Crippen molar-refractivity contribution >= 4 is 59.0 Å². The number of aliphatic imine (C=N–C) groups is 1. The zero-order valence-electron chi connectivity index (χ0n) is 30.3. The first-order valence-electron chi connectivity index (χ1n) is 17.4. The van der Waals surface area contributed by atoms with Gasteiger partial charge in [0.2, 0.25) is 17.8 Å². The molecule has 51 heavy (non-hydrogen) atoms. The molecule has 1 saturated heterocycles. The molecule has 1 aromatic heterocycles. The van der Waals surface area contributed by atoms with E-state index in [1.165, 1.54) is 0 Å². The Morgan fingerprint density at radius 1 is 0.961 bits per heavy atom. The van der Waals surface area contributed by atoms with Gasteiger partial charge in [0, 0.05) is 80.3 Å². The van der Waals surface area contributed by atoms with Crippen molar-refractivity contribution in [1.82, 2.24) is 30.4 Å². The molecule has 0 spiro atoms. The fourth-order valence-corrected chi connectivity index (χ4v) is 6.18. The number of carbonyl (C=O) groups is 3. The Morgan fingerprint density at radius 2 is 1.67 bits per heavy atom. The van der Waals surface area contributed by atoms with Crippen LogP contribution in [0.1, 0.15) is 71.2 Å². The number of hydrogen-bond acceptors (Lipinski definition) is 10. The molecule has 5 rings (SSSR count). The first-order chi connectivity index (χ1) is 24.0. The zero-order valence-corrected chi connectivity index (χ0v) is 31.8. The fraction of sp³-hybridized carbons (Fsp3) is 0.600. The summed E-state index contributed by atoms with van der Waals surface area (Å²) in [4.78, 5) is 58.1. The number of ether oxygens (including phenoxy) is 2. The van der Waals surface area contributed by atoms with E-state index in [4.69, 9.17) is 42.6 Å². The lowest BCUT2D eigenvalue weighted by atomic mass is 10.1. The highest BCUT2D eigenvalue weighted by atomic mass is 35.5. The summed E-state index contributed by atoms with van der Waals surface area (Å²) in [6, 6.07) is 5.42. The topological polar surface area (TPSA) is 154 Å². The predicted molar refractivity (Wildman–Crippen MR) is 197 cm³/mol. The van der Waals surface area contributed by atoms with E-state index in [-0.39, 0.29) is 17.8 Å². The van der Waals surface area contributed by atoms with Crippen LogP contribution in [0.15, 0.2) is 23.2 Å². The smallest absolute Gasteiger partial charge is 0.437 e. The molecule has 3 heterocycles. The molecule has 3 aliphatic rings. The number of guanidine groups is 1. The van der Waals surface area contributed by atoms with Gasteiger partial charge in [0.1, 0.15) is 17.0 Å². The van der Waals surface area contributed by atoms with E-state index in [2.05, 4.69) is 30.7 Å². The second-order valence-electron chi connectivity index (χ2n) is 15.0. The summed E-state index contributed by atoms with van der Waals surface area (Å²) in [5.74, 6) is 1.66. The van der Waals surface area contributed by atoms with Crippen LogP contribution in [0.3, 0.4) is 0 Å². The van der Waals surface area contributed by atoms with E-state index in [1.54, 1.807) is 47.6 Å². The second kappa shape index (κ2) is 16.2. The molecule has 1 saturated carbocycles. The molecular formula is C35H49Cl2N9O5. The third-order valence-electron chi connectivity index (χ3n) is 8.34. The largest absolute Gasteiger partial charge is 0.444 e. The highest BCUT2D eigenvalue weighted by molar-refractivity contribution is 6.35. The molecule has 0 atom stereocenters. The molecule has 2 fully saturated rings. The molecule has 0 bridgehead atoms. The van der Waals surface area contributed by atoms with Crippen LogP contribution >= 0.6 is 23.2 Å². The van der Waals surface area contributed by atoms with Crippen LogP contribution in [0.4, 0.5) is 21.4 Å². The number of carbonyl (C=O) groups excluding carboxylic acids is 3. The summed E-state index contributed by atoms with van der Waals surface area (Å²) in [6.45, 7) is 15.9. The van der Waals surface area contributed by atoms with Crippen molar-refractivity contribution < 1.29 is 23.9 Å². The molecule has 2 aromatic rings. The zero-order chi connectivity index (χ0) is 36.9. The van der Waals surface area contributed by atoms with Gasteiger partial charge in [-0.1, -0.05) is 29.3 Å². The molecular weight excluding hydrogens is 697 g/mol. The van der Waals surface area contributed by atoms with Crippen LogP contribution in [0, 0.1) is 5.92 Å². The van der Waals surface area contributed by atoms with Crippen molar-refractivity contribution in [3.05, 3.63) is 45.1 Å². The molecule has 3 N–H and O–H groups in total. The number of nitrogens with zero attached hydrogens (tertiary/aromatic N) is 6. The molecule has 278 valence electrons. The highest BCUT2D eigenvalue weighted by Gasteiger charge is 2.36. The molecule has 1 aromatic carbocycles. The Labute approximate surface area is 309 Å². The van der Waals surface area contributed by atoms with Crippen LogP contribution in [0.2, 0.25) is 10.0 Å². The minimum Gasteiger partial charge on any atom is -0.444 e. The third kappa shape index (κ3) is 11.6. The minimum absolute atomic E-state index is 0.0445. The van der Waals surface area contributed by atoms with Gasteiger partial charge in [-0.05, 0) is 72.1 Å². The van der Waals surface area contributed by atoms with Gasteiger partial charge in [0.05, 0.1) is 12.2 Å². The lowest BCUT2D eigenvalue weighted by molar-refractivity contribution is -0.133. The number of amides is 3. The normalized spacial score (nSPS) is 17.1. The van der Waals surface area contributed by atoms with Crippen molar-refractivity contribution in [2.24, 2.45) is 10.9 Å². The van der Waals surface area contributed by atoms with Crippen molar-refractivity contribution in [1.29, 1.82) is 0 Å². The first-order valence-corrected chi connectivity index (χ1v) is 18.2. The number of benzene rings is 1. The number of piperazine rings is 1.